The Balaban J connectivity index is 1.88. The van der Waals surface area contributed by atoms with Crippen molar-refractivity contribution in [3.63, 3.8) is 0 Å². The van der Waals surface area contributed by atoms with Gasteiger partial charge in [0.2, 0.25) is 0 Å². The minimum absolute atomic E-state index is 0.254. The topological polar surface area (TPSA) is 55.4 Å². The van der Waals surface area contributed by atoms with E-state index >= 15 is 0 Å². The van der Waals surface area contributed by atoms with E-state index < -0.39 is 16.5 Å². The first-order valence-corrected chi connectivity index (χ1v) is 7.30. The first-order valence-electron chi connectivity index (χ1n) is 5.92. The van der Waals surface area contributed by atoms with Crippen LogP contribution in [0.5, 0.6) is 0 Å². The zero-order valence-electron chi connectivity index (χ0n) is 9.88. The van der Waals surface area contributed by atoms with Crippen molar-refractivity contribution in [3.8, 4) is 0 Å². The second kappa shape index (κ2) is 5.77. The first-order chi connectivity index (χ1) is 8.54. The van der Waals surface area contributed by atoms with E-state index in [1.807, 2.05) is 35.1 Å². The Morgan fingerprint density at radius 3 is 2.67 bits per heavy atom. The van der Waals surface area contributed by atoms with E-state index in [2.05, 4.69) is 0 Å². The smallest absolute Gasteiger partial charge is 0.372 e. The van der Waals surface area contributed by atoms with Crippen LogP contribution in [0.25, 0.3) is 0 Å². The third kappa shape index (κ3) is 4.04. The van der Waals surface area contributed by atoms with Gasteiger partial charge in [-0.2, -0.15) is 13.1 Å². The molecule has 0 spiro atoms. The maximum absolute atomic E-state index is 12.6. The van der Waals surface area contributed by atoms with Crippen LogP contribution in [0, 0.1) is 0 Å². The number of hydrogen-bond acceptors (Lipinski definition) is 3. The van der Waals surface area contributed by atoms with Gasteiger partial charge < -0.3 is 4.74 Å². The van der Waals surface area contributed by atoms with Crippen molar-refractivity contribution >= 4 is 10.4 Å². The van der Waals surface area contributed by atoms with Gasteiger partial charge in [0.15, 0.2) is 0 Å². The number of halogens is 1. The lowest BCUT2D eigenvalue weighted by Crippen LogP contribution is -2.39. The maximum Gasteiger partial charge on any atom is 0.372 e. The van der Waals surface area contributed by atoms with E-state index in [9.17, 15) is 12.3 Å². The van der Waals surface area contributed by atoms with E-state index in [-0.39, 0.29) is 6.10 Å². The average Bonchev–Trinajstić information content (AvgIpc) is 2.73. The van der Waals surface area contributed by atoms with Crippen molar-refractivity contribution in [3.05, 3.63) is 35.9 Å². The van der Waals surface area contributed by atoms with Crippen LogP contribution in [0.15, 0.2) is 30.3 Å². The van der Waals surface area contributed by atoms with E-state index in [1.165, 1.54) is 0 Å². The quantitative estimate of drug-likeness (QED) is 0.834. The summed E-state index contributed by atoms with van der Waals surface area (Å²) in [6.07, 6.45) is 1.95. The van der Waals surface area contributed by atoms with E-state index in [0.717, 1.165) is 18.4 Å². The minimum atomic E-state index is -4.65. The zero-order valence-corrected chi connectivity index (χ0v) is 10.7. The van der Waals surface area contributed by atoms with Gasteiger partial charge in [-0.3, -0.25) is 0 Å². The molecule has 2 rings (SSSR count). The predicted molar refractivity (Wildman–Crippen MR) is 65.8 cm³/mol. The molecule has 1 aliphatic carbocycles. The molecule has 1 aromatic carbocycles. The second-order valence-electron chi connectivity index (χ2n) is 4.43. The van der Waals surface area contributed by atoms with Gasteiger partial charge in [-0.15, -0.1) is 0 Å². The van der Waals surface area contributed by atoms with Crippen molar-refractivity contribution in [2.75, 3.05) is 0 Å². The Morgan fingerprint density at radius 1 is 1.28 bits per heavy atom. The maximum atomic E-state index is 12.6. The summed E-state index contributed by atoms with van der Waals surface area (Å²) in [6.45, 7) is 0.413. The molecule has 0 aromatic heterocycles. The fraction of sp³-hybridized carbons (Fsp3) is 0.500. The Bertz CT molecular complexity index is 477. The highest BCUT2D eigenvalue weighted by Gasteiger charge is 2.31. The Labute approximate surface area is 107 Å². The Morgan fingerprint density at radius 2 is 2.00 bits per heavy atom. The molecule has 1 aliphatic rings. The van der Waals surface area contributed by atoms with Crippen LogP contribution in [0.1, 0.15) is 24.8 Å². The number of nitrogens with one attached hydrogen (secondary N) is 1. The molecular formula is C12H16FNO3S. The molecule has 1 unspecified atom stereocenters. The van der Waals surface area contributed by atoms with Gasteiger partial charge in [-0.25, -0.2) is 0 Å². The van der Waals surface area contributed by atoms with Crippen molar-refractivity contribution in [1.82, 2.24) is 4.72 Å². The predicted octanol–water partition coefficient (Wildman–Crippen LogP) is 1.93. The highest BCUT2D eigenvalue weighted by Crippen LogP contribution is 2.24. The Kier molecular flexibility index (Phi) is 4.31. The summed E-state index contributed by atoms with van der Waals surface area (Å²) in [5.41, 5.74) is 1.02. The van der Waals surface area contributed by atoms with Crippen LogP contribution >= 0.6 is 0 Å². The van der Waals surface area contributed by atoms with Crippen LogP contribution in [0.3, 0.4) is 0 Å². The fourth-order valence-electron chi connectivity index (χ4n) is 2.22. The molecule has 18 heavy (non-hydrogen) atoms. The number of benzene rings is 1. The number of hydrogen-bond donors (Lipinski definition) is 1. The number of ether oxygens (including phenoxy) is 1. The van der Waals surface area contributed by atoms with Crippen LogP contribution in [0.2, 0.25) is 0 Å². The monoisotopic (exact) mass is 273 g/mol. The van der Waals surface area contributed by atoms with Crippen molar-refractivity contribution in [2.24, 2.45) is 0 Å². The van der Waals surface area contributed by atoms with Crippen LogP contribution in [0.4, 0.5) is 3.89 Å². The second-order valence-corrected chi connectivity index (χ2v) is 5.54. The van der Waals surface area contributed by atoms with Crippen LogP contribution in [-0.2, 0) is 21.8 Å². The summed E-state index contributed by atoms with van der Waals surface area (Å²) < 4.78 is 41.4. The van der Waals surface area contributed by atoms with E-state index in [1.54, 1.807) is 0 Å². The molecule has 0 heterocycles. The van der Waals surface area contributed by atoms with Crippen molar-refractivity contribution in [1.29, 1.82) is 0 Å². The van der Waals surface area contributed by atoms with E-state index in [4.69, 9.17) is 4.74 Å². The first kappa shape index (κ1) is 13.5. The molecule has 1 aromatic rings. The third-order valence-corrected chi connectivity index (χ3v) is 3.64. The van der Waals surface area contributed by atoms with Gasteiger partial charge >= 0.3 is 10.4 Å². The van der Waals surface area contributed by atoms with Crippen LogP contribution < -0.4 is 4.72 Å². The molecule has 0 aliphatic heterocycles. The summed E-state index contributed by atoms with van der Waals surface area (Å²) in [5, 5.41) is 0. The molecular weight excluding hydrogens is 257 g/mol. The molecule has 100 valence electrons. The average molecular weight is 273 g/mol. The molecule has 4 nitrogen and oxygen atoms in total. The highest BCUT2D eigenvalue weighted by molar-refractivity contribution is 7.84. The van der Waals surface area contributed by atoms with Gasteiger partial charge in [-0.05, 0) is 24.8 Å². The molecule has 1 saturated carbocycles. The van der Waals surface area contributed by atoms with Crippen LogP contribution in [-0.4, -0.2) is 20.6 Å². The highest BCUT2D eigenvalue weighted by atomic mass is 32.3. The number of rotatable bonds is 5. The Hall–Kier alpha value is -0.980. The summed E-state index contributed by atoms with van der Waals surface area (Å²) >= 11 is 0. The molecule has 0 amide bonds. The van der Waals surface area contributed by atoms with Crippen molar-refractivity contribution in [2.45, 2.75) is 38.0 Å². The van der Waals surface area contributed by atoms with Gasteiger partial charge in [0.05, 0.1) is 18.8 Å². The lowest BCUT2D eigenvalue weighted by Gasteiger charge is -2.19. The van der Waals surface area contributed by atoms with E-state index in [0.29, 0.717) is 13.0 Å². The van der Waals surface area contributed by atoms with Crippen molar-refractivity contribution < 1.29 is 17.0 Å². The summed E-state index contributed by atoms with van der Waals surface area (Å²) in [6, 6.07) is 9.15. The van der Waals surface area contributed by atoms with Gasteiger partial charge in [0, 0.05) is 0 Å². The molecule has 1 fully saturated rings. The molecule has 1 N–H and O–H groups in total. The van der Waals surface area contributed by atoms with Gasteiger partial charge in [0.25, 0.3) is 0 Å². The third-order valence-electron chi connectivity index (χ3n) is 3.05. The zero-order chi connectivity index (χ0) is 13.0. The molecule has 2 atom stereocenters. The SMILES string of the molecule is O=S(=O)(F)N[C@@H]1CCCC1OCc1ccccc1. The summed E-state index contributed by atoms with van der Waals surface area (Å²) in [7, 11) is -4.65. The largest absolute Gasteiger partial charge is 0.372 e. The molecule has 0 saturated heterocycles. The van der Waals surface area contributed by atoms with Gasteiger partial charge in [-0.1, -0.05) is 34.2 Å². The molecule has 0 bridgehead atoms. The lowest BCUT2D eigenvalue weighted by molar-refractivity contribution is 0.0322. The molecule has 0 radical (unpaired) electrons. The fourth-order valence-corrected chi connectivity index (χ4v) is 2.85. The van der Waals surface area contributed by atoms with Gasteiger partial charge in [0.1, 0.15) is 0 Å². The standard InChI is InChI=1S/C12H16FNO3S/c13-18(15,16)14-11-7-4-8-12(11)17-9-10-5-2-1-3-6-10/h1-3,5-6,11-12,14H,4,7-9H2/t11-,12?/m1/s1. The summed E-state index contributed by atoms with van der Waals surface area (Å²) in [4.78, 5) is 0. The lowest BCUT2D eigenvalue weighted by atomic mass is 10.2. The molecule has 6 heteroatoms. The summed E-state index contributed by atoms with van der Waals surface area (Å²) in [5.74, 6) is 0. The minimum Gasteiger partial charge on any atom is -0.372 e. The normalized spacial score (nSPS) is 24.3.